The third kappa shape index (κ3) is 1.04. The molecule has 0 heterocycles. The molecule has 2 saturated carbocycles. The van der Waals surface area contributed by atoms with Crippen LogP contribution in [0.15, 0.2) is 0 Å². The molecule has 3 atom stereocenters. The average Bonchev–Trinajstić information content (AvgIpc) is 2.36. The fourth-order valence-corrected chi connectivity index (χ4v) is 3.80. The third-order valence-corrected chi connectivity index (χ3v) is 4.81. The number of fused-ring (bicyclic) bond motifs is 2. The lowest BCUT2D eigenvalue weighted by molar-refractivity contribution is -0.130. The highest BCUT2D eigenvalue weighted by molar-refractivity contribution is 5.89. The maximum Gasteiger partial charge on any atom is 0.139 e. The number of nitrogens with two attached hydrogens (primary N) is 1. The van der Waals surface area contributed by atoms with Crippen molar-refractivity contribution in [2.24, 2.45) is 22.5 Å². The van der Waals surface area contributed by atoms with Crippen LogP contribution in [0, 0.1) is 16.7 Å². The minimum atomic E-state index is -0.0775. The van der Waals surface area contributed by atoms with Gasteiger partial charge >= 0.3 is 0 Å². The van der Waals surface area contributed by atoms with Crippen molar-refractivity contribution in [3.63, 3.8) is 0 Å². The number of hydrogen-bond donors (Lipinski definition) is 1. The van der Waals surface area contributed by atoms with Gasteiger partial charge in [-0.15, -0.1) is 0 Å². The quantitative estimate of drug-likeness (QED) is 0.733. The van der Waals surface area contributed by atoms with Crippen molar-refractivity contribution >= 4 is 5.78 Å². The lowest BCUT2D eigenvalue weighted by Gasteiger charge is -2.37. The van der Waals surface area contributed by atoms with Crippen LogP contribution in [0.3, 0.4) is 0 Å². The smallest absolute Gasteiger partial charge is 0.139 e. The van der Waals surface area contributed by atoms with Gasteiger partial charge in [0, 0.05) is 17.9 Å². The summed E-state index contributed by atoms with van der Waals surface area (Å²) in [4.78, 5) is 12.1. The molecule has 80 valence electrons. The number of carbonyl (C=O) groups is 1. The van der Waals surface area contributed by atoms with E-state index in [2.05, 4.69) is 13.8 Å². The highest BCUT2D eigenvalue weighted by Crippen LogP contribution is 2.65. The Balaban J connectivity index is 2.34. The van der Waals surface area contributed by atoms with E-state index in [1.165, 1.54) is 6.42 Å². The summed E-state index contributed by atoms with van der Waals surface area (Å²) in [6, 6.07) is 0.148. The predicted molar refractivity (Wildman–Crippen MR) is 56.8 cm³/mol. The molecule has 2 N–H and O–H groups in total. The molecule has 2 aliphatic rings. The van der Waals surface area contributed by atoms with Crippen LogP contribution >= 0.6 is 0 Å². The van der Waals surface area contributed by atoms with E-state index in [4.69, 9.17) is 5.73 Å². The monoisotopic (exact) mass is 195 g/mol. The lowest BCUT2D eigenvalue weighted by atomic mass is 9.66. The minimum absolute atomic E-state index is 0.0775. The first-order chi connectivity index (χ1) is 6.40. The van der Waals surface area contributed by atoms with Gasteiger partial charge in [0.2, 0.25) is 0 Å². The second-order valence-corrected chi connectivity index (χ2v) is 5.85. The Morgan fingerprint density at radius 1 is 1.57 bits per heavy atom. The van der Waals surface area contributed by atoms with Crippen LogP contribution in [-0.4, -0.2) is 11.8 Å². The van der Waals surface area contributed by atoms with Crippen LogP contribution in [0.4, 0.5) is 0 Å². The van der Waals surface area contributed by atoms with Crippen LogP contribution in [0.5, 0.6) is 0 Å². The summed E-state index contributed by atoms with van der Waals surface area (Å²) in [5, 5.41) is 0. The van der Waals surface area contributed by atoms with Crippen LogP contribution in [0.2, 0.25) is 0 Å². The fraction of sp³-hybridized carbons (Fsp3) is 0.917. The summed E-state index contributed by atoms with van der Waals surface area (Å²) >= 11 is 0. The molecule has 0 spiro atoms. The van der Waals surface area contributed by atoms with E-state index in [1.54, 1.807) is 0 Å². The summed E-state index contributed by atoms with van der Waals surface area (Å²) in [7, 11) is 0. The van der Waals surface area contributed by atoms with Crippen molar-refractivity contribution in [1.82, 2.24) is 0 Å². The molecule has 0 amide bonds. The number of ketones is 1. The van der Waals surface area contributed by atoms with E-state index in [0.717, 1.165) is 19.3 Å². The number of rotatable bonds is 2. The molecule has 2 nitrogen and oxygen atoms in total. The zero-order valence-corrected chi connectivity index (χ0v) is 9.47. The summed E-state index contributed by atoms with van der Waals surface area (Å²) in [5.74, 6) is 1.10. The van der Waals surface area contributed by atoms with Crippen LogP contribution in [0.25, 0.3) is 0 Å². The zero-order valence-electron chi connectivity index (χ0n) is 9.47. The molecular weight excluding hydrogens is 174 g/mol. The molecule has 0 radical (unpaired) electrons. The first-order valence-corrected chi connectivity index (χ1v) is 5.69. The molecular formula is C12H21NO. The topological polar surface area (TPSA) is 43.1 Å². The van der Waals surface area contributed by atoms with Crippen LogP contribution < -0.4 is 5.73 Å². The molecule has 0 aromatic rings. The Morgan fingerprint density at radius 3 is 2.57 bits per heavy atom. The van der Waals surface area contributed by atoms with Gasteiger partial charge in [-0.2, -0.15) is 0 Å². The van der Waals surface area contributed by atoms with Gasteiger partial charge in [-0.3, -0.25) is 4.79 Å². The van der Waals surface area contributed by atoms with E-state index in [0.29, 0.717) is 11.7 Å². The van der Waals surface area contributed by atoms with E-state index >= 15 is 0 Å². The fourth-order valence-electron chi connectivity index (χ4n) is 3.80. The Hall–Kier alpha value is -0.370. The molecule has 0 saturated heterocycles. The predicted octanol–water partition coefficient (Wildman–Crippen LogP) is 2.12. The first-order valence-electron chi connectivity index (χ1n) is 5.69. The largest absolute Gasteiger partial charge is 0.328 e. The molecule has 2 bridgehead atoms. The van der Waals surface area contributed by atoms with E-state index < -0.39 is 0 Å². The van der Waals surface area contributed by atoms with Gasteiger partial charge < -0.3 is 5.73 Å². The molecule has 2 rings (SSSR count). The standard InChI is InChI=1S/C12H21NO/c1-8(13)7-12-5-4-9(6-10(12)14)11(12,2)3/h8-9H,4-7,13H2,1-3H3/t8?,9?,12-/m1/s1. The summed E-state index contributed by atoms with van der Waals surface area (Å²) < 4.78 is 0. The molecule has 14 heavy (non-hydrogen) atoms. The van der Waals surface area contributed by atoms with Gasteiger partial charge in [0.1, 0.15) is 5.78 Å². The number of Topliss-reactive ketones (excluding diaryl/α,β-unsaturated/α-hetero) is 1. The highest BCUT2D eigenvalue weighted by atomic mass is 16.1. The van der Waals surface area contributed by atoms with Gasteiger partial charge in [0.25, 0.3) is 0 Å². The summed E-state index contributed by atoms with van der Waals surface area (Å²) in [6.45, 7) is 6.54. The maximum absolute atomic E-state index is 12.1. The van der Waals surface area contributed by atoms with Gasteiger partial charge in [0.05, 0.1) is 0 Å². The van der Waals surface area contributed by atoms with Crippen molar-refractivity contribution in [2.45, 2.75) is 52.5 Å². The maximum atomic E-state index is 12.1. The Bertz CT molecular complexity index is 269. The third-order valence-electron chi connectivity index (χ3n) is 4.81. The number of carbonyl (C=O) groups excluding carboxylic acids is 1. The van der Waals surface area contributed by atoms with Crippen molar-refractivity contribution in [3.05, 3.63) is 0 Å². The Morgan fingerprint density at radius 2 is 2.21 bits per heavy atom. The summed E-state index contributed by atoms with van der Waals surface area (Å²) in [6.07, 6.45) is 3.99. The van der Waals surface area contributed by atoms with Crippen molar-refractivity contribution in [2.75, 3.05) is 0 Å². The van der Waals surface area contributed by atoms with Gasteiger partial charge in [-0.25, -0.2) is 0 Å². The van der Waals surface area contributed by atoms with E-state index in [1.807, 2.05) is 6.92 Å². The second kappa shape index (κ2) is 2.82. The first kappa shape index (κ1) is 10.2. The Labute approximate surface area is 86.2 Å². The minimum Gasteiger partial charge on any atom is -0.328 e. The van der Waals surface area contributed by atoms with Crippen LogP contribution in [-0.2, 0) is 4.79 Å². The van der Waals surface area contributed by atoms with Gasteiger partial charge in [0.15, 0.2) is 0 Å². The normalized spacial score (nSPS) is 41.7. The molecule has 2 fully saturated rings. The van der Waals surface area contributed by atoms with Gasteiger partial charge in [-0.05, 0) is 37.5 Å². The van der Waals surface area contributed by atoms with Gasteiger partial charge in [-0.1, -0.05) is 13.8 Å². The molecule has 2 unspecified atom stereocenters. The zero-order chi connectivity index (χ0) is 10.6. The Kier molecular flexibility index (Phi) is 2.04. The van der Waals surface area contributed by atoms with E-state index in [9.17, 15) is 4.79 Å². The lowest BCUT2D eigenvalue weighted by Crippen LogP contribution is -2.40. The molecule has 2 heteroatoms. The SMILES string of the molecule is CC(N)C[C@]12CCC(CC1=O)C2(C)C. The van der Waals surface area contributed by atoms with Crippen molar-refractivity contribution in [3.8, 4) is 0 Å². The average molecular weight is 195 g/mol. The molecule has 0 aromatic heterocycles. The van der Waals surface area contributed by atoms with Crippen molar-refractivity contribution in [1.29, 1.82) is 0 Å². The van der Waals surface area contributed by atoms with Crippen molar-refractivity contribution < 1.29 is 4.79 Å². The highest BCUT2D eigenvalue weighted by Gasteiger charge is 2.63. The molecule has 2 aliphatic carbocycles. The number of hydrogen-bond acceptors (Lipinski definition) is 2. The van der Waals surface area contributed by atoms with Crippen LogP contribution in [0.1, 0.15) is 46.5 Å². The van der Waals surface area contributed by atoms with E-state index in [-0.39, 0.29) is 16.9 Å². The molecule has 0 aliphatic heterocycles. The second-order valence-electron chi connectivity index (χ2n) is 5.85. The molecule has 0 aromatic carbocycles. The summed E-state index contributed by atoms with van der Waals surface area (Å²) in [5.41, 5.74) is 6.00.